The lowest BCUT2D eigenvalue weighted by Crippen LogP contribution is -2.45. The standard InChI is InChI=1S/C21H26N4O4/c1-21(19(28)23-20(29)24-21)14-9-7-13(8-10-14)17(26)22-16-11-12-25(18(16)27)15-5-3-2-4-6-15/h7-10,15-16H,2-6,11-12H2,1H3,(H,22,26)(H2,23,24,28,29). The topological polar surface area (TPSA) is 108 Å². The third kappa shape index (κ3) is 3.59. The van der Waals surface area contributed by atoms with Crippen LogP contribution in [0.4, 0.5) is 4.79 Å². The quantitative estimate of drug-likeness (QED) is 0.667. The van der Waals surface area contributed by atoms with Crippen LogP contribution in [0.2, 0.25) is 0 Å². The molecule has 2 saturated heterocycles. The van der Waals surface area contributed by atoms with Crippen LogP contribution in [0.1, 0.15) is 61.4 Å². The summed E-state index contributed by atoms with van der Waals surface area (Å²) in [6.07, 6.45) is 6.29. The molecular weight excluding hydrogens is 372 g/mol. The first kappa shape index (κ1) is 19.4. The molecule has 0 radical (unpaired) electrons. The van der Waals surface area contributed by atoms with Crippen LogP contribution in [0, 0.1) is 0 Å². The second kappa shape index (κ2) is 7.50. The van der Waals surface area contributed by atoms with Gasteiger partial charge in [-0.2, -0.15) is 0 Å². The minimum absolute atomic E-state index is 0.0136. The minimum atomic E-state index is -1.16. The van der Waals surface area contributed by atoms with Crippen LogP contribution < -0.4 is 16.0 Å². The molecule has 3 aliphatic rings. The van der Waals surface area contributed by atoms with Gasteiger partial charge in [0.15, 0.2) is 0 Å². The Kier molecular flexibility index (Phi) is 5.02. The third-order valence-electron chi connectivity index (χ3n) is 6.33. The Labute approximate surface area is 169 Å². The molecule has 154 valence electrons. The molecule has 2 heterocycles. The number of hydrogen-bond acceptors (Lipinski definition) is 4. The SMILES string of the molecule is CC1(c2ccc(C(=O)NC3CCN(C4CCCCC4)C3=O)cc2)NC(=O)NC1=O. The molecular formula is C21H26N4O4. The predicted molar refractivity (Wildman–Crippen MR) is 105 cm³/mol. The zero-order chi connectivity index (χ0) is 20.6. The Hall–Kier alpha value is -2.90. The lowest BCUT2D eigenvalue weighted by atomic mass is 9.91. The second-order valence-electron chi connectivity index (χ2n) is 8.25. The Morgan fingerprint density at radius 3 is 2.38 bits per heavy atom. The van der Waals surface area contributed by atoms with Gasteiger partial charge in [-0.25, -0.2) is 4.79 Å². The van der Waals surface area contributed by atoms with Crippen LogP contribution in [-0.2, 0) is 15.1 Å². The molecule has 5 amide bonds. The van der Waals surface area contributed by atoms with Crippen LogP contribution in [0.5, 0.6) is 0 Å². The van der Waals surface area contributed by atoms with E-state index >= 15 is 0 Å². The van der Waals surface area contributed by atoms with Gasteiger partial charge < -0.3 is 15.5 Å². The Balaban J connectivity index is 1.40. The Morgan fingerprint density at radius 1 is 1.07 bits per heavy atom. The monoisotopic (exact) mass is 398 g/mol. The highest BCUT2D eigenvalue weighted by Gasteiger charge is 2.43. The highest BCUT2D eigenvalue weighted by Crippen LogP contribution is 2.27. The molecule has 4 rings (SSSR count). The first-order valence-corrected chi connectivity index (χ1v) is 10.2. The summed E-state index contributed by atoms with van der Waals surface area (Å²) in [5.41, 5.74) is -0.169. The molecule has 8 heteroatoms. The average Bonchev–Trinajstić information content (AvgIpc) is 3.21. The van der Waals surface area contributed by atoms with E-state index < -0.39 is 23.5 Å². The number of amides is 5. The van der Waals surface area contributed by atoms with Crippen LogP contribution in [0.25, 0.3) is 0 Å². The van der Waals surface area contributed by atoms with Gasteiger partial charge in [0, 0.05) is 18.2 Å². The van der Waals surface area contributed by atoms with Gasteiger partial charge in [0.25, 0.3) is 11.8 Å². The molecule has 1 aliphatic carbocycles. The van der Waals surface area contributed by atoms with Crippen LogP contribution >= 0.6 is 0 Å². The van der Waals surface area contributed by atoms with Crippen LogP contribution in [0.15, 0.2) is 24.3 Å². The predicted octanol–water partition coefficient (Wildman–Crippen LogP) is 1.40. The van der Waals surface area contributed by atoms with Gasteiger partial charge in [-0.1, -0.05) is 31.4 Å². The highest BCUT2D eigenvalue weighted by molar-refractivity contribution is 6.07. The maximum Gasteiger partial charge on any atom is 0.322 e. The number of carbonyl (C=O) groups is 4. The van der Waals surface area contributed by atoms with E-state index in [9.17, 15) is 19.2 Å². The van der Waals surface area contributed by atoms with Crippen molar-refractivity contribution in [2.24, 2.45) is 0 Å². The van der Waals surface area contributed by atoms with Gasteiger partial charge in [0.05, 0.1) is 0 Å². The average molecular weight is 398 g/mol. The second-order valence-corrected chi connectivity index (χ2v) is 8.25. The minimum Gasteiger partial charge on any atom is -0.340 e. The largest absolute Gasteiger partial charge is 0.340 e. The van der Waals surface area contributed by atoms with E-state index in [2.05, 4.69) is 16.0 Å². The zero-order valence-corrected chi connectivity index (χ0v) is 16.5. The lowest BCUT2D eigenvalue weighted by molar-refractivity contribution is -0.131. The van der Waals surface area contributed by atoms with Gasteiger partial charge in [-0.15, -0.1) is 0 Å². The fourth-order valence-corrected chi connectivity index (χ4v) is 4.53. The van der Waals surface area contributed by atoms with E-state index in [-0.39, 0.29) is 11.8 Å². The normalized spacial score (nSPS) is 27.7. The molecule has 1 saturated carbocycles. The molecule has 8 nitrogen and oxygen atoms in total. The maximum absolute atomic E-state index is 12.7. The summed E-state index contributed by atoms with van der Waals surface area (Å²) in [5, 5.41) is 7.66. The molecule has 29 heavy (non-hydrogen) atoms. The summed E-state index contributed by atoms with van der Waals surface area (Å²) >= 11 is 0. The number of nitrogens with one attached hydrogen (secondary N) is 3. The molecule has 2 aliphatic heterocycles. The van der Waals surface area contributed by atoms with Crippen molar-refractivity contribution in [1.29, 1.82) is 0 Å². The number of nitrogens with zero attached hydrogens (tertiary/aromatic N) is 1. The molecule has 2 atom stereocenters. The van der Waals surface area contributed by atoms with Gasteiger partial charge in [-0.3, -0.25) is 19.7 Å². The number of likely N-dealkylation sites (tertiary alicyclic amines) is 1. The van der Waals surface area contributed by atoms with Crippen molar-refractivity contribution in [3.05, 3.63) is 35.4 Å². The first-order valence-electron chi connectivity index (χ1n) is 10.2. The van der Waals surface area contributed by atoms with Gasteiger partial charge in [-0.05, 0) is 43.9 Å². The summed E-state index contributed by atoms with van der Waals surface area (Å²) in [5.74, 6) is -0.732. The molecule has 1 aromatic rings. The summed E-state index contributed by atoms with van der Waals surface area (Å²) in [4.78, 5) is 50.8. The van der Waals surface area contributed by atoms with E-state index in [0.717, 1.165) is 25.7 Å². The van der Waals surface area contributed by atoms with Crippen molar-refractivity contribution in [3.8, 4) is 0 Å². The van der Waals surface area contributed by atoms with Crippen LogP contribution in [-0.4, -0.2) is 47.3 Å². The summed E-state index contributed by atoms with van der Waals surface area (Å²) in [7, 11) is 0. The van der Waals surface area contributed by atoms with Crippen molar-refractivity contribution >= 4 is 23.8 Å². The van der Waals surface area contributed by atoms with Crippen molar-refractivity contribution < 1.29 is 19.2 Å². The summed E-state index contributed by atoms with van der Waals surface area (Å²) in [6.45, 7) is 2.31. The summed E-state index contributed by atoms with van der Waals surface area (Å²) in [6, 6.07) is 5.78. The smallest absolute Gasteiger partial charge is 0.322 e. The third-order valence-corrected chi connectivity index (χ3v) is 6.33. The van der Waals surface area contributed by atoms with Crippen molar-refractivity contribution in [2.45, 2.75) is 63.1 Å². The van der Waals surface area contributed by atoms with E-state index in [1.165, 1.54) is 6.42 Å². The lowest BCUT2D eigenvalue weighted by Gasteiger charge is -2.31. The maximum atomic E-state index is 12.7. The van der Waals surface area contributed by atoms with Crippen molar-refractivity contribution in [1.82, 2.24) is 20.9 Å². The molecule has 0 bridgehead atoms. The Bertz CT molecular complexity index is 847. The number of rotatable bonds is 4. The molecule has 3 N–H and O–H groups in total. The number of carbonyl (C=O) groups excluding carboxylic acids is 4. The fraction of sp³-hybridized carbons (Fsp3) is 0.524. The first-order chi connectivity index (χ1) is 13.9. The number of imide groups is 1. The van der Waals surface area contributed by atoms with E-state index in [1.807, 2.05) is 4.90 Å². The number of urea groups is 1. The fourth-order valence-electron chi connectivity index (χ4n) is 4.53. The van der Waals surface area contributed by atoms with Gasteiger partial charge in [0.1, 0.15) is 11.6 Å². The van der Waals surface area contributed by atoms with E-state index in [1.54, 1.807) is 31.2 Å². The molecule has 0 aromatic heterocycles. The zero-order valence-electron chi connectivity index (χ0n) is 16.5. The Morgan fingerprint density at radius 2 is 1.76 bits per heavy atom. The van der Waals surface area contributed by atoms with Gasteiger partial charge >= 0.3 is 6.03 Å². The van der Waals surface area contributed by atoms with Crippen molar-refractivity contribution in [3.63, 3.8) is 0 Å². The van der Waals surface area contributed by atoms with E-state index in [4.69, 9.17) is 0 Å². The molecule has 1 aromatic carbocycles. The van der Waals surface area contributed by atoms with E-state index in [0.29, 0.717) is 30.1 Å². The van der Waals surface area contributed by atoms with Crippen LogP contribution in [0.3, 0.4) is 0 Å². The summed E-state index contributed by atoms with van der Waals surface area (Å²) < 4.78 is 0. The molecule has 2 unspecified atom stereocenters. The number of benzene rings is 1. The van der Waals surface area contributed by atoms with Crippen molar-refractivity contribution in [2.75, 3.05) is 6.54 Å². The number of hydrogen-bond donors (Lipinski definition) is 3. The molecule has 3 fully saturated rings. The van der Waals surface area contributed by atoms with Gasteiger partial charge in [0.2, 0.25) is 5.91 Å². The molecule has 0 spiro atoms. The highest BCUT2D eigenvalue weighted by atomic mass is 16.2.